The van der Waals surface area contributed by atoms with Crippen LogP contribution in [0.4, 0.5) is 0 Å². The molecule has 0 radical (unpaired) electrons. The molecule has 1 unspecified atom stereocenters. The van der Waals surface area contributed by atoms with Crippen LogP contribution in [-0.4, -0.2) is 78.8 Å². The van der Waals surface area contributed by atoms with Crippen LogP contribution in [0.5, 0.6) is 0 Å². The fourth-order valence-corrected chi connectivity index (χ4v) is 6.58. The van der Waals surface area contributed by atoms with Crippen molar-refractivity contribution in [2.24, 2.45) is 5.41 Å². The van der Waals surface area contributed by atoms with E-state index in [-0.39, 0.29) is 16.5 Å². The minimum absolute atomic E-state index is 0.230. The Hall–Kier alpha value is -2.76. The van der Waals surface area contributed by atoms with Crippen LogP contribution in [0.15, 0.2) is 29.2 Å². The monoisotopic (exact) mass is 530 g/mol. The number of hydrogen-bond donors (Lipinski definition) is 2. The molecule has 0 saturated carbocycles. The minimum atomic E-state index is -3.60. The lowest BCUT2D eigenvalue weighted by Gasteiger charge is -2.29. The van der Waals surface area contributed by atoms with Crippen molar-refractivity contribution in [3.05, 3.63) is 35.7 Å². The van der Waals surface area contributed by atoms with E-state index in [0.29, 0.717) is 37.6 Å². The van der Waals surface area contributed by atoms with Gasteiger partial charge in [0.25, 0.3) is 5.91 Å². The maximum Gasteiger partial charge on any atom is 0.272 e. The average molecular weight is 531 g/mol. The number of sulfonamides is 1. The van der Waals surface area contributed by atoms with Crippen molar-refractivity contribution in [3.8, 4) is 11.4 Å². The predicted octanol–water partition coefficient (Wildman–Crippen LogP) is 2.06. The van der Waals surface area contributed by atoms with Gasteiger partial charge in [-0.25, -0.2) is 13.4 Å². The molecular formula is C26H38N6O4S. The highest BCUT2D eigenvalue weighted by molar-refractivity contribution is 7.89. The summed E-state index contributed by atoms with van der Waals surface area (Å²) in [7, 11) is -0.0528. The Morgan fingerprint density at radius 3 is 2.41 bits per heavy atom. The topological polar surface area (TPSA) is 117 Å². The zero-order chi connectivity index (χ0) is 27.0. The summed E-state index contributed by atoms with van der Waals surface area (Å²) >= 11 is 0. The van der Waals surface area contributed by atoms with E-state index in [9.17, 15) is 18.0 Å². The second-order valence-electron chi connectivity index (χ2n) is 11.0. The second-order valence-corrected chi connectivity index (χ2v) is 12.9. The molecule has 1 aromatic carbocycles. The number of nitrogens with zero attached hydrogens (tertiary/aromatic N) is 4. The maximum absolute atomic E-state index is 13.6. The number of carbonyl (C=O) groups is 2. The fourth-order valence-electron chi connectivity index (χ4n) is 5.02. The van der Waals surface area contributed by atoms with Crippen molar-refractivity contribution in [2.45, 2.75) is 64.1 Å². The highest BCUT2D eigenvalue weighted by Crippen LogP contribution is 2.30. The zero-order valence-electron chi connectivity index (χ0n) is 22.4. The van der Waals surface area contributed by atoms with Crippen molar-refractivity contribution < 1.29 is 18.0 Å². The molecule has 2 aliphatic heterocycles. The number of hydrogen-bond acceptors (Lipinski definition) is 6. The third-order valence-electron chi connectivity index (χ3n) is 7.07. The summed E-state index contributed by atoms with van der Waals surface area (Å²) in [6.07, 6.45) is 2.59. The molecule has 37 heavy (non-hydrogen) atoms. The normalized spacial score (nSPS) is 18.2. The molecule has 2 aliphatic rings. The molecular weight excluding hydrogens is 492 g/mol. The van der Waals surface area contributed by atoms with E-state index >= 15 is 0 Å². The summed E-state index contributed by atoms with van der Waals surface area (Å²) in [4.78, 5) is 33.3. The number of carbonyl (C=O) groups excluding carboxylic acids is 2. The van der Waals surface area contributed by atoms with Gasteiger partial charge in [-0.05, 0) is 50.4 Å². The van der Waals surface area contributed by atoms with Gasteiger partial charge in [0.05, 0.1) is 10.6 Å². The van der Waals surface area contributed by atoms with Crippen LogP contribution >= 0.6 is 0 Å². The molecule has 3 heterocycles. The number of amides is 2. The van der Waals surface area contributed by atoms with E-state index in [4.69, 9.17) is 4.98 Å². The molecule has 0 bridgehead atoms. The Kier molecular flexibility index (Phi) is 7.77. The first-order valence-corrected chi connectivity index (χ1v) is 14.3. The lowest BCUT2D eigenvalue weighted by molar-refractivity contribution is -0.124. The van der Waals surface area contributed by atoms with Crippen LogP contribution in [0.2, 0.25) is 0 Å². The van der Waals surface area contributed by atoms with Crippen LogP contribution in [0, 0.1) is 5.41 Å². The van der Waals surface area contributed by atoms with Crippen molar-refractivity contribution in [1.29, 1.82) is 0 Å². The number of fused-ring (bicyclic) bond motifs is 1. The maximum atomic E-state index is 13.6. The van der Waals surface area contributed by atoms with Crippen LogP contribution in [0.3, 0.4) is 0 Å². The quantitative estimate of drug-likeness (QED) is 0.591. The highest BCUT2D eigenvalue weighted by atomic mass is 32.2. The van der Waals surface area contributed by atoms with Gasteiger partial charge in [0.2, 0.25) is 15.9 Å². The van der Waals surface area contributed by atoms with Crippen LogP contribution in [0.1, 0.15) is 56.2 Å². The SMILES string of the molecule is CNC(=O)C(NC(=O)c1nc(-c2cccc(S(=O)(=O)N3CCCC3)c2)n2c1CN(C)CCC2)C(C)(C)C. The molecule has 0 spiro atoms. The molecule has 11 heteroatoms. The van der Waals surface area contributed by atoms with E-state index in [1.54, 1.807) is 25.2 Å². The lowest BCUT2D eigenvalue weighted by atomic mass is 9.86. The van der Waals surface area contributed by atoms with E-state index in [0.717, 1.165) is 31.5 Å². The van der Waals surface area contributed by atoms with Crippen molar-refractivity contribution in [2.75, 3.05) is 33.7 Å². The minimum Gasteiger partial charge on any atom is -0.357 e. The number of benzene rings is 1. The Bertz CT molecular complexity index is 1270. The van der Waals surface area contributed by atoms with Gasteiger partial charge in [0, 0.05) is 38.8 Å². The smallest absolute Gasteiger partial charge is 0.272 e. The highest BCUT2D eigenvalue weighted by Gasteiger charge is 2.35. The first kappa shape index (κ1) is 27.3. The molecule has 2 N–H and O–H groups in total. The molecule has 202 valence electrons. The van der Waals surface area contributed by atoms with Crippen molar-refractivity contribution >= 4 is 21.8 Å². The summed E-state index contributed by atoms with van der Waals surface area (Å²) in [5, 5.41) is 5.53. The van der Waals surface area contributed by atoms with Gasteiger partial charge in [-0.3, -0.25) is 9.59 Å². The molecule has 1 saturated heterocycles. The second kappa shape index (κ2) is 10.5. The molecule has 1 atom stereocenters. The molecule has 1 aromatic heterocycles. The van der Waals surface area contributed by atoms with Crippen molar-refractivity contribution in [1.82, 2.24) is 29.4 Å². The first-order valence-electron chi connectivity index (χ1n) is 12.8. The summed E-state index contributed by atoms with van der Waals surface area (Å²) in [6.45, 7) is 8.77. The third kappa shape index (κ3) is 5.58. The van der Waals surface area contributed by atoms with E-state index in [1.165, 1.54) is 4.31 Å². The average Bonchev–Trinajstić information content (AvgIpc) is 3.47. The fraction of sp³-hybridized carbons (Fsp3) is 0.577. The third-order valence-corrected chi connectivity index (χ3v) is 8.97. The van der Waals surface area contributed by atoms with Crippen LogP contribution in [0.25, 0.3) is 11.4 Å². The number of nitrogens with one attached hydrogen (secondary N) is 2. The Morgan fingerprint density at radius 1 is 1.05 bits per heavy atom. The van der Waals surface area contributed by atoms with Gasteiger partial charge in [-0.15, -0.1) is 0 Å². The summed E-state index contributed by atoms with van der Waals surface area (Å²) in [6, 6.07) is 6.08. The van der Waals surface area contributed by atoms with Gasteiger partial charge in [-0.2, -0.15) is 4.31 Å². The Balaban J connectivity index is 1.77. The Morgan fingerprint density at radius 2 is 1.76 bits per heavy atom. The molecule has 2 amide bonds. The number of rotatable bonds is 6. The van der Waals surface area contributed by atoms with E-state index < -0.39 is 27.4 Å². The summed E-state index contributed by atoms with van der Waals surface area (Å²) < 4.78 is 30.0. The molecule has 1 fully saturated rings. The van der Waals surface area contributed by atoms with Crippen LogP contribution in [-0.2, 0) is 27.9 Å². The van der Waals surface area contributed by atoms with Gasteiger partial charge in [-0.1, -0.05) is 32.9 Å². The van der Waals surface area contributed by atoms with E-state index in [2.05, 4.69) is 15.5 Å². The molecule has 2 aromatic rings. The predicted molar refractivity (Wildman–Crippen MR) is 141 cm³/mol. The standard InChI is InChI=1S/C26H38N6O4S/c1-26(2,3)22(25(34)27-4)29-24(33)21-20-17-30(5)12-9-15-32(20)23(28-21)18-10-8-11-19(16-18)37(35,36)31-13-6-7-14-31/h8,10-11,16,22H,6-7,9,12-15,17H2,1-5H3,(H,27,34)(H,29,33). The van der Waals surface area contributed by atoms with Gasteiger partial charge in [0.1, 0.15) is 11.9 Å². The zero-order valence-corrected chi connectivity index (χ0v) is 23.2. The first-order chi connectivity index (χ1) is 17.4. The number of likely N-dealkylation sites (N-methyl/N-ethyl adjacent to an activating group) is 1. The lowest BCUT2D eigenvalue weighted by Crippen LogP contribution is -2.53. The number of aromatic nitrogens is 2. The van der Waals surface area contributed by atoms with Crippen molar-refractivity contribution in [3.63, 3.8) is 0 Å². The Labute approximate surface area is 219 Å². The van der Waals surface area contributed by atoms with E-state index in [1.807, 2.05) is 38.5 Å². The summed E-state index contributed by atoms with van der Waals surface area (Å²) in [5.41, 5.74) is 1.15. The van der Waals surface area contributed by atoms with Gasteiger partial charge < -0.3 is 20.1 Å². The molecule has 10 nitrogen and oxygen atoms in total. The largest absolute Gasteiger partial charge is 0.357 e. The number of imidazole rings is 1. The van der Waals surface area contributed by atoms with Gasteiger partial charge >= 0.3 is 0 Å². The van der Waals surface area contributed by atoms with Crippen LogP contribution < -0.4 is 10.6 Å². The summed E-state index contributed by atoms with van der Waals surface area (Å²) in [5.74, 6) is -0.140. The molecule has 4 rings (SSSR count). The van der Waals surface area contributed by atoms with Gasteiger partial charge in [0.15, 0.2) is 5.69 Å². The molecule has 0 aliphatic carbocycles.